The smallest absolute Gasteiger partial charge is 0.387 e. The molecule has 0 aliphatic rings. The Kier molecular flexibility index (Phi) is 5.35. The summed E-state index contributed by atoms with van der Waals surface area (Å²) < 4.78 is 30.0. The highest BCUT2D eigenvalue weighted by Crippen LogP contribution is 2.38. The molecule has 29 heavy (non-hydrogen) atoms. The van der Waals surface area contributed by atoms with Crippen molar-refractivity contribution in [3.63, 3.8) is 0 Å². The lowest BCUT2D eigenvalue weighted by Gasteiger charge is -2.16. The van der Waals surface area contributed by atoms with Crippen molar-refractivity contribution in [1.29, 1.82) is 5.26 Å². The highest BCUT2D eigenvalue weighted by Gasteiger charge is 2.23. The molecule has 9 heteroatoms. The number of carboxylic acid groups (broad SMARTS) is 1. The third kappa shape index (κ3) is 3.81. The summed E-state index contributed by atoms with van der Waals surface area (Å²) in [6.07, 6.45) is 0. The fraction of sp³-hybridized carbons (Fsp3) is 0.0500. The Hall–Kier alpha value is -3.70. The number of nitriles is 1. The Bertz CT molecular complexity index is 1210. The van der Waals surface area contributed by atoms with Crippen LogP contribution in [0.3, 0.4) is 0 Å². The summed E-state index contributed by atoms with van der Waals surface area (Å²) in [6, 6.07) is 11.2. The van der Waals surface area contributed by atoms with Crippen LogP contribution in [-0.4, -0.2) is 23.6 Å². The van der Waals surface area contributed by atoms with Crippen LogP contribution in [0.1, 0.15) is 26.3 Å². The Balaban J connectivity index is 2.47. The van der Waals surface area contributed by atoms with Crippen molar-refractivity contribution in [1.82, 2.24) is 0 Å². The van der Waals surface area contributed by atoms with E-state index in [1.807, 2.05) is 0 Å². The van der Waals surface area contributed by atoms with Crippen molar-refractivity contribution in [3.05, 3.63) is 64.2 Å². The van der Waals surface area contributed by atoms with E-state index in [9.17, 15) is 28.7 Å². The van der Waals surface area contributed by atoms with E-state index in [0.29, 0.717) is 15.8 Å². The molecular weight excluding hydrogens is 406 g/mol. The molecule has 0 fully saturated rings. The lowest BCUT2D eigenvalue weighted by atomic mass is 9.89. The van der Waals surface area contributed by atoms with E-state index in [0.717, 1.165) is 12.1 Å². The van der Waals surface area contributed by atoms with Gasteiger partial charge in [-0.1, -0.05) is 23.7 Å². The van der Waals surface area contributed by atoms with Crippen LogP contribution < -0.4 is 10.5 Å². The SMILES string of the molecule is N#Cc1cc(C(=O)O)c(-c2c(C(N)=O)ccc3cc(Cl)ccc23)cc1OC(F)F. The van der Waals surface area contributed by atoms with Crippen molar-refractivity contribution < 1.29 is 28.2 Å². The number of nitrogens with two attached hydrogens (primary N) is 1. The summed E-state index contributed by atoms with van der Waals surface area (Å²) in [5, 5.41) is 20.2. The monoisotopic (exact) mass is 416 g/mol. The van der Waals surface area contributed by atoms with Gasteiger partial charge in [0.15, 0.2) is 0 Å². The molecule has 0 aliphatic heterocycles. The maximum absolute atomic E-state index is 12.8. The van der Waals surface area contributed by atoms with E-state index in [-0.39, 0.29) is 22.3 Å². The fourth-order valence-corrected chi connectivity index (χ4v) is 3.22. The molecule has 1 amide bonds. The Labute approximate surface area is 167 Å². The second kappa shape index (κ2) is 7.73. The number of fused-ring (bicyclic) bond motifs is 1. The molecule has 3 rings (SSSR count). The second-order valence-corrected chi connectivity index (χ2v) is 6.34. The molecule has 6 nitrogen and oxygen atoms in total. The number of amides is 1. The molecule has 0 bridgehead atoms. The first kappa shape index (κ1) is 20.0. The van der Waals surface area contributed by atoms with Gasteiger partial charge >= 0.3 is 12.6 Å². The number of carboxylic acids is 1. The minimum absolute atomic E-state index is 0.0324. The average Bonchev–Trinajstić information content (AvgIpc) is 2.65. The Morgan fingerprint density at radius 1 is 1.14 bits per heavy atom. The van der Waals surface area contributed by atoms with Gasteiger partial charge in [-0.05, 0) is 41.1 Å². The lowest BCUT2D eigenvalue weighted by molar-refractivity contribution is -0.0500. The molecule has 0 heterocycles. The van der Waals surface area contributed by atoms with E-state index in [1.54, 1.807) is 24.3 Å². The number of halogens is 3. The number of alkyl halides is 2. The molecule has 3 N–H and O–H groups in total. The number of primary amides is 1. The van der Waals surface area contributed by atoms with E-state index >= 15 is 0 Å². The number of hydrogen-bond donors (Lipinski definition) is 2. The highest BCUT2D eigenvalue weighted by molar-refractivity contribution is 6.31. The minimum atomic E-state index is -3.24. The summed E-state index contributed by atoms with van der Waals surface area (Å²) in [4.78, 5) is 23.9. The summed E-state index contributed by atoms with van der Waals surface area (Å²) in [7, 11) is 0. The van der Waals surface area contributed by atoms with Crippen LogP contribution in [0.5, 0.6) is 5.75 Å². The Morgan fingerprint density at radius 2 is 1.86 bits per heavy atom. The molecule has 0 radical (unpaired) electrons. The number of carbonyl (C=O) groups excluding carboxylic acids is 1. The van der Waals surface area contributed by atoms with Gasteiger partial charge in [0.05, 0.1) is 11.1 Å². The van der Waals surface area contributed by atoms with Crippen molar-refractivity contribution in [2.24, 2.45) is 5.73 Å². The molecular formula is C20H11ClF2N2O4. The third-order valence-corrected chi connectivity index (χ3v) is 4.44. The quantitative estimate of drug-likeness (QED) is 0.638. The number of nitrogens with zero attached hydrogens (tertiary/aromatic N) is 1. The predicted molar refractivity (Wildman–Crippen MR) is 101 cm³/mol. The summed E-state index contributed by atoms with van der Waals surface area (Å²) >= 11 is 6.00. The third-order valence-electron chi connectivity index (χ3n) is 4.20. The highest BCUT2D eigenvalue weighted by atomic mass is 35.5. The summed E-state index contributed by atoms with van der Waals surface area (Å²) in [5.74, 6) is -2.81. The van der Waals surface area contributed by atoms with E-state index in [1.165, 1.54) is 12.1 Å². The van der Waals surface area contributed by atoms with Gasteiger partial charge < -0.3 is 15.6 Å². The number of benzene rings is 3. The van der Waals surface area contributed by atoms with E-state index < -0.39 is 29.8 Å². The van der Waals surface area contributed by atoms with Crippen LogP contribution in [0.15, 0.2) is 42.5 Å². The number of ether oxygens (including phenoxy) is 1. The zero-order valence-electron chi connectivity index (χ0n) is 14.4. The molecule has 146 valence electrons. The lowest BCUT2D eigenvalue weighted by Crippen LogP contribution is -2.14. The van der Waals surface area contributed by atoms with Crippen molar-refractivity contribution in [2.75, 3.05) is 0 Å². The maximum atomic E-state index is 12.8. The molecule has 3 aromatic rings. The zero-order chi connectivity index (χ0) is 21.3. The second-order valence-electron chi connectivity index (χ2n) is 5.91. The molecule has 3 aromatic carbocycles. The molecule has 0 saturated carbocycles. The van der Waals surface area contributed by atoms with Crippen LogP contribution in [0, 0.1) is 11.3 Å². The van der Waals surface area contributed by atoms with E-state index in [4.69, 9.17) is 17.3 Å². The zero-order valence-corrected chi connectivity index (χ0v) is 15.2. The fourth-order valence-electron chi connectivity index (χ4n) is 3.04. The predicted octanol–water partition coefficient (Wildman–Crippen LogP) is 4.43. The van der Waals surface area contributed by atoms with Gasteiger partial charge in [-0.3, -0.25) is 4.79 Å². The summed E-state index contributed by atoms with van der Waals surface area (Å²) in [6.45, 7) is -3.24. The summed E-state index contributed by atoms with van der Waals surface area (Å²) in [5.41, 5.74) is 4.65. The molecule has 0 spiro atoms. The van der Waals surface area contributed by atoms with Crippen LogP contribution in [0.2, 0.25) is 5.02 Å². The number of carbonyl (C=O) groups is 2. The number of aromatic carboxylic acids is 1. The van der Waals surface area contributed by atoms with Crippen molar-refractivity contribution >= 4 is 34.2 Å². The maximum Gasteiger partial charge on any atom is 0.387 e. The largest absolute Gasteiger partial charge is 0.478 e. The molecule has 0 saturated heterocycles. The van der Waals surface area contributed by atoms with Gasteiger partial charge in [-0.15, -0.1) is 0 Å². The van der Waals surface area contributed by atoms with Gasteiger partial charge in [-0.2, -0.15) is 14.0 Å². The van der Waals surface area contributed by atoms with Gasteiger partial charge in [-0.25, -0.2) is 4.79 Å². The van der Waals surface area contributed by atoms with E-state index in [2.05, 4.69) is 4.74 Å². The average molecular weight is 417 g/mol. The van der Waals surface area contributed by atoms with Crippen LogP contribution >= 0.6 is 11.6 Å². The van der Waals surface area contributed by atoms with Crippen LogP contribution in [0.25, 0.3) is 21.9 Å². The van der Waals surface area contributed by atoms with Gasteiger partial charge in [0.25, 0.3) is 0 Å². The van der Waals surface area contributed by atoms with Gasteiger partial charge in [0.2, 0.25) is 5.91 Å². The number of rotatable bonds is 5. The molecule has 0 aliphatic carbocycles. The number of hydrogen-bond acceptors (Lipinski definition) is 4. The molecule has 0 unspecified atom stereocenters. The Morgan fingerprint density at radius 3 is 2.45 bits per heavy atom. The van der Waals surface area contributed by atoms with Gasteiger partial charge in [0, 0.05) is 21.7 Å². The first-order valence-corrected chi connectivity index (χ1v) is 8.39. The molecule has 0 aromatic heterocycles. The molecule has 0 atom stereocenters. The minimum Gasteiger partial charge on any atom is -0.478 e. The van der Waals surface area contributed by atoms with Gasteiger partial charge in [0.1, 0.15) is 11.8 Å². The standard InChI is InChI=1S/C20H11ClF2N2O4/c21-11-2-4-12-9(5-11)1-3-13(18(25)26)17(12)14-7-16(29-20(22)23)10(8-24)6-15(14)19(27)28/h1-7,20H,(H2,25,26)(H,27,28). The van der Waals surface area contributed by atoms with Crippen LogP contribution in [0.4, 0.5) is 8.78 Å². The van der Waals surface area contributed by atoms with Crippen molar-refractivity contribution in [3.8, 4) is 22.9 Å². The topological polar surface area (TPSA) is 113 Å². The first-order chi connectivity index (χ1) is 13.7. The first-order valence-electron chi connectivity index (χ1n) is 8.01. The normalized spacial score (nSPS) is 10.7. The van der Waals surface area contributed by atoms with Crippen LogP contribution in [-0.2, 0) is 0 Å². The van der Waals surface area contributed by atoms with Crippen molar-refractivity contribution in [2.45, 2.75) is 6.61 Å².